The summed E-state index contributed by atoms with van der Waals surface area (Å²) in [6.45, 7) is 3.86. The number of aromatic amines is 2. The zero-order chi connectivity index (χ0) is 10.8. The molecule has 2 heterocycles. The Morgan fingerprint density at radius 1 is 1.47 bits per heavy atom. The molecule has 1 unspecified atom stereocenters. The highest BCUT2D eigenvalue weighted by atomic mass is 16.1. The minimum Gasteiger partial charge on any atom is -0.364 e. The lowest BCUT2D eigenvalue weighted by Crippen LogP contribution is -2.17. The molecule has 78 valence electrons. The van der Waals surface area contributed by atoms with Gasteiger partial charge in [0.25, 0.3) is 5.56 Å². The van der Waals surface area contributed by atoms with Crippen molar-refractivity contribution in [2.24, 2.45) is 0 Å². The monoisotopic (exact) mass is 203 g/mol. The van der Waals surface area contributed by atoms with Gasteiger partial charge >= 0.3 is 0 Å². The van der Waals surface area contributed by atoms with Gasteiger partial charge in [-0.15, -0.1) is 0 Å². The van der Waals surface area contributed by atoms with Crippen LogP contribution in [0.4, 0.5) is 0 Å². The number of aryl methyl sites for hydroxylation is 1. The minimum atomic E-state index is -0.122. The van der Waals surface area contributed by atoms with E-state index < -0.39 is 0 Å². The first-order valence-corrected chi connectivity index (χ1v) is 4.88. The third-order valence-corrected chi connectivity index (χ3v) is 2.52. The van der Waals surface area contributed by atoms with Crippen LogP contribution >= 0.6 is 0 Å². The van der Waals surface area contributed by atoms with Gasteiger partial charge < -0.3 is 4.98 Å². The van der Waals surface area contributed by atoms with Crippen molar-refractivity contribution in [2.75, 3.05) is 0 Å². The summed E-state index contributed by atoms with van der Waals surface area (Å²) in [4.78, 5) is 14.7. The summed E-state index contributed by atoms with van der Waals surface area (Å²) < 4.78 is 0. The van der Waals surface area contributed by atoms with E-state index in [1.54, 1.807) is 0 Å². The first-order chi connectivity index (χ1) is 7.18. The molecule has 0 fully saturated rings. The fraction of sp³-hybridized carbons (Fsp3) is 0.273. The van der Waals surface area contributed by atoms with Crippen LogP contribution in [0.25, 0.3) is 0 Å². The lowest BCUT2D eigenvalue weighted by atomic mass is 9.99. The van der Waals surface area contributed by atoms with Crippen LogP contribution in [0, 0.1) is 6.92 Å². The third-order valence-electron chi connectivity index (χ3n) is 2.52. The molecule has 0 aliphatic heterocycles. The molecule has 2 aromatic heterocycles. The fourth-order valence-electron chi connectivity index (χ4n) is 1.63. The smallest absolute Gasteiger partial charge is 0.268 e. The molecule has 4 nitrogen and oxygen atoms in total. The Balaban J connectivity index is 2.46. The van der Waals surface area contributed by atoms with E-state index in [9.17, 15) is 4.79 Å². The van der Waals surface area contributed by atoms with Crippen LogP contribution in [-0.4, -0.2) is 15.2 Å². The molecule has 0 saturated heterocycles. The van der Waals surface area contributed by atoms with Gasteiger partial charge in [-0.2, -0.15) is 5.10 Å². The molecule has 1 atom stereocenters. The molecular formula is C11H13N3O. The largest absolute Gasteiger partial charge is 0.364 e. The molecule has 0 spiro atoms. The lowest BCUT2D eigenvalue weighted by Gasteiger charge is -2.08. The maximum absolute atomic E-state index is 11.6. The molecule has 0 aliphatic rings. The first-order valence-electron chi connectivity index (χ1n) is 4.88. The molecule has 0 bridgehead atoms. The molecule has 0 saturated carbocycles. The second-order valence-corrected chi connectivity index (χ2v) is 3.64. The van der Waals surface area contributed by atoms with Gasteiger partial charge in [0.2, 0.25) is 0 Å². The van der Waals surface area contributed by atoms with Crippen molar-refractivity contribution in [1.82, 2.24) is 15.2 Å². The number of H-pyrrole nitrogens is 2. The molecule has 2 N–H and O–H groups in total. The van der Waals surface area contributed by atoms with Gasteiger partial charge in [0.1, 0.15) is 0 Å². The highest BCUT2D eigenvalue weighted by Crippen LogP contribution is 2.19. The Kier molecular flexibility index (Phi) is 2.41. The van der Waals surface area contributed by atoms with E-state index >= 15 is 0 Å². The van der Waals surface area contributed by atoms with Crippen molar-refractivity contribution >= 4 is 0 Å². The lowest BCUT2D eigenvalue weighted by molar-refractivity contribution is 0.824. The Hall–Kier alpha value is -1.84. The Morgan fingerprint density at radius 3 is 2.93 bits per heavy atom. The predicted octanol–water partition coefficient (Wildman–Crippen LogP) is 1.56. The molecule has 2 aromatic rings. The molecule has 4 heteroatoms. The van der Waals surface area contributed by atoms with Gasteiger partial charge in [-0.25, -0.2) is 5.10 Å². The molecule has 15 heavy (non-hydrogen) atoms. The number of nitrogens with zero attached hydrogens (tertiary/aromatic N) is 1. The standard InChI is InChI=1S/C11H13N3O/c1-7-6-9(11(15)14-13-7)8(2)10-4-3-5-12-10/h3-6,8,12H,1-2H3,(H,14,15). The molecule has 0 radical (unpaired) electrons. The van der Waals surface area contributed by atoms with E-state index in [1.807, 2.05) is 38.2 Å². The summed E-state index contributed by atoms with van der Waals surface area (Å²) in [5.41, 5.74) is 2.47. The van der Waals surface area contributed by atoms with Crippen molar-refractivity contribution in [3.05, 3.63) is 51.7 Å². The van der Waals surface area contributed by atoms with Gasteiger partial charge in [0.05, 0.1) is 5.69 Å². The van der Waals surface area contributed by atoms with Crippen LogP contribution in [0.3, 0.4) is 0 Å². The normalized spacial score (nSPS) is 12.7. The van der Waals surface area contributed by atoms with Crippen molar-refractivity contribution < 1.29 is 0 Å². The zero-order valence-corrected chi connectivity index (χ0v) is 8.74. The van der Waals surface area contributed by atoms with Crippen LogP contribution in [0.1, 0.15) is 29.8 Å². The average molecular weight is 203 g/mol. The van der Waals surface area contributed by atoms with E-state index in [1.165, 1.54) is 0 Å². The SMILES string of the molecule is Cc1cc(C(C)c2ccc[nH]2)c(=O)[nH]n1. The van der Waals surface area contributed by atoms with Gasteiger partial charge in [-0.05, 0) is 25.1 Å². The summed E-state index contributed by atoms with van der Waals surface area (Å²) in [6, 6.07) is 5.72. The van der Waals surface area contributed by atoms with Crippen molar-refractivity contribution in [3.63, 3.8) is 0 Å². The maximum Gasteiger partial charge on any atom is 0.268 e. The van der Waals surface area contributed by atoms with Gasteiger partial charge in [-0.1, -0.05) is 6.92 Å². The zero-order valence-electron chi connectivity index (χ0n) is 8.74. The van der Waals surface area contributed by atoms with E-state index in [4.69, 9.17) is 0 Å². The number of aromatic nitrogens is 3. The summed E-state index contributed by atoms with van der Waals surface area (Å²) in [5, 5.41) is 6.35. The number of nitrogens with one attached hydrogen (secondary N) is 2. The van der Waals surface area contributed by atoms with Crippen molar-refractivity contribution in [3.8, 4) is 0 Å². The molecular weight excluding hydrogens is 190 g/mol. The first kappa shape index (κ1) is 9.71. The summed E-state index contributed by atoms with van der Waals surface area (Å²) in [6.07, 6.45) is 1.86. The maximum atomic E-state index is 11.6. The Morgan fingerprint density at radius 2 is 2.27 bits per heavy atom. The van der Waals surface area contributed by atoms with Crippen molar-refractivity contribution in [2.45, 2.75) is 19.8 Å². The van der Waals surface area contributed by atoms with E-state index in [0.717, 1.165) is 17.0 Å². The van der Waals surface area contributed by atoms with E-state index in [2.05, 4.69) is 15.2 Å². The van der Waals surface area contributed by atoms with Crippen LogP contribution in [0.2, 0.25) is 0 Å². The van der Waals surface area contributed by atoms with Crippen LogP contribution < -0.4 is 5.56 Å². The van der Waals surface area contributed by atoms with Crippen LogP contribution in [-0.2, 0) is 0 Å². The molecule has 0 amide bonds. The number of hydrogen-bond acceptors (Lipinski definition) is 2. The van der Waals surface area contributed by atoms with E-state index in [0.29, 0.717) is 0 Å². The highest BCUT2D eigenvalue weighted by molar-refractivity contribution is 5.26. The quantitative estimate of drug-likeness (QED) is 0.778. The summed E-state index contributed by atoms with van der Waals surface area (Å²) in [5.74, 6) is 0.0606. The van der Waals surface area contributed by atoms with Gasteiger partial charge in [0, 0.05) is 23.4 Å². The van der Waals surface area contributed by atoms with Crippen LogP contribution in [0.5, 0.6) is 0 Å². The molecule has 0 aromatic carbocycles. The molecule has 0 aliphatic carbocycles. The topological polar surface area (TPSA) is 61.5 Å². The second-order valence-electron chi connectivity index (χ2n) is 3.64. The van der Waals surface area contributed by atoms with Crippen molar-refractivity contribution in [1.29, 1.82) is 0 Å². The third kappa shape index (κ3) is 1.83. The summed E-state index contributed by atoms with van der Waals surface area (Å²) in [7, 11) is 0. The second kappa shape index (κ2) is 3.73. The van der Waals surface area contributed by atoms with Gasteiger partial charge in [0.15, 0.2) is 0 Å². The summed E-state index contributed by atoms with van der Waals surface area (Å²) >= 11 is 0. The average Bonchev–Trinajstić information content (AvgIpc) is 2.74. The predicted molar refractivity (Wildman–Crippen MR) is 57.9 cm³/mol. The minimum absolute atomic E-state index is 0.0606. The molecule has 2 rings (SSSR count). The highest BCUT2D eigenvalue weighted by Gasteiger charge is 2.13. The number of hydrogen-bond donors (Lipinski definition) is 2. The van der Waals surface area contributed by atoms with E-state index in [-0.39, 0.29) is 11.5 Å². The number of rotatable bonds is 2. The van der Waals surface area contributed by atoms with Crippen LogP contribution in [0.15, 0.2) is 29.2 Å². The Labute approximate surface area is 87.4 Å². The fourth-order valence-corrected chi connectivity index (χ4v) is 1.63. The van der Waals surface area contributed by atoms with Gasteiger partial charge in [-0.3, -0.25) is 4.79 Å². The Bertz CT molecular complexity index is 499.